The number of hydrogen-bond acceptors (Lipinski definition) is 2. The molecule has 108 valence electrons. The highest BCUT2D eigenvalue weighted by Crippen LogP contribution is 2.27. The first-order chi connectivity index (χ1) is 10.0. The van der Waals surface area contributed by atoms with Crippen LogP contribution in [0.5, 0.6) is 0 Å². The molecule has 0 spiro atoms. The molecule has 2 nitrogen and oxygen atoms in total. The van der Waals surface area contributed by atoms with E-state index >= 15 is 0 Å². The molecular weight excluding hydrogens is 267 g/mol. The summed E-state index contributed by atoms with van der Waals surface area (Å²) >= 11 is 0. The maximum absolute atomic E-state index is 14.1. The first kappa shape index (κ1) is 15.0. The quantitative estimate of drug-likeness (QED) is 0.617. The summed E-state index contributed by atoms with van der Waals surface area (Å²) in [5.74, 6) is -0.704. The van der Waals surface area contributed by atoms with Gasteiger partial charge in [-0.25, -0.2) is 9.18 Å². The zero-order valence-corrected chi connectivity index (χ0v) is 12.3. The molecule has 2 rings (SSSR count). The van der Waals surface area contributed by atoms with Crippen LogP contribution in [0.3, 0.4) is 0 Å². The molecule has 2 aromatic carbocycles. The molecule has 0 bridgehead atoms. The number of halogens is 1. The van der Waals surface area contributed by atoms with Crippen LogP contribution in [0, 0.1) is 12.7 Å². The monoisotopic (exact) mass is 284 g/mol. The van der Waals surface area contributed by atoms with Crippen molar-refractivity contribution < 1.29 is 13.9 Å². The number of carbonyl (C=O) groups excluding carboxylic acids is 1. The van der Waals surface area contributed by atoms with Crippen LogP contribution in [0.15, 0.2) is 48.5 Å². The van der Waals surface area contributed by atoms with Gasteiger partial charge in [-0.1, -0.05) is 35.9 Å². The van der Waals surface area contributed by atoms with E-state index in [-0.39, 0.29) is 5.82 Å². The fourth-order valence-electron chi connectivity index (χ4n) is 2.12. The van der Waals surface area contributed by atoms with Gasteiger partial charge in [0.25, 0.3) is 0 Å². The van der Waals surface area contributed by atoms with Gasteiger partial charge in [0.15, 0.2) is 0 Å². The van der Waals surface area contributed by atoms with Crippen LogP contribution < -0.4 is 0 Å². The van der Waals surface area contributed by atoms with Crippen molar-refractivity contribution >= 4 is 11.5 Å². The zero-order valence-electron chi connectivity index (χ0n) is 12.3. The first-order valence-electron chi connectivity index (χ1n) is 6.64. The van der Waals surface area contributed by atoms with Crippen LogP contribution in [-0.4, -0.2) is 13.1 Å². The Hall–Kier alpha value is -2.42. The van der Waals surface area contributed by atoms with Crippen molar-refractivity contribution in [2.24, 2.45) is 0 Å². The van der Waals surface area contributed by atoms with E-state index < -0.39 is 5.97 Å². The van der Waals surface area contributed by atoms with Crippen LogP contribution >= 0.6 is 0 Å². The highest BCUT2D eigenvalue weighted by Gasteiger charge is 2.08. The number of methoxy groups -OCH3 is 1. The minimum atomic E-state index is -0.422. The molecule has 0 aliphatic rings. The Kier molecular flexibility index (Phi) is 4.53. The van der Waals surface area contributed by atoms with Gasteiger partial charge in [0.1, 0.15) is 5.82 Å². The molecule has 2 aromatic rings. The van der Waals surface area contributed by atoms with Crippen molar-refractivity contribution in [2.45, 2.75) is 13.8 Å². The number of allylic oxidation sites excluding steroid dienone is 1. The first-order valence-corrected chi connectivity index (χ1v) is 6.64. The minimum absolute atomic E-state index is 0.282. The average molecular weight is 284 g/mol. The van der Waals surface area contributed by atoms with E-state index in [9.17, 15) is 9.18 Å². The molecule has 0 radical (unpaired) electrons. The average Bonchev–Trinajstić information content (AvgIpc) is 2.47. The largest absolute Gasteiger partial charge is 0.466 e. The number of hydrogen-bond donors (Lipinski definition) is 0. The maximum Gasteiger partial charge on any atom is 0.330 e. The lowest BCUT2D eigenvalue weighted by Gasteiger charge is -2.08. The van der Waals surface area contributed by atoms with E-state index in [0.29, 0.717) is 5.56 Å². The van der Waals surface area contributed by atoms with E-state index in [1.54, 1.807) is 19.1 Å². The Morgan fingerprint density at radius 1 is 1.19 bits per heavy atom. The van der Waals surface area contributed by atoms with Gasteiger partial charge in [-0.05, 0) is 42.7 Å². The van der Waals surface area contributed by atoms with Gasteiger partial charge < -0.3 is 4.74 Å². The Morgan fingerprint density at radius 3 is 2.62 bits per heavy atom. The predicted molar refractivity (Wildman–Crippen MR) is 82.2 cm³/mol. The zero-order chi connectivity index (χ0) is 15.4. The topological polar surface area (TPSA) is 26.3 Å². The second kappa shape index (κ2) is 6.35. The van der Waals surface area contributed by atoms with Gasteiger partial charge in [-0.2, -0.15) is 0 Å². The highest BCUT2D eigenvalue weighted by molar-refractivity contribution is 5.91. The Balaban J connectivity index is 2.47. The fraction of sp³-hybridized carbons (Fsp3) is 0.167. The fourth-order valence-corrected chi connectivity index (χ4v) is 2.12. The van der Waals surface area contributed by atoms with Crippen molar-refractivity contribution in [1.29, 1.82) is 0 Å². The minimum Gasteiger partial charge on any atom is -0.466 e. The van der Waals surface area contributed by atoms with E-state index in [4.69, 9.17) is 0 Å². The van der Waals surface area contributed by atoms with E-state index in [1.807, 2.05) is 31.2 Å². The van der Waals surface area contributed by atoms with Crippen molar-refractivity contribution in [2.75, 3.05) is 7.11 Å². The molecule has 0 amide bonds. The predicted octanol–water partition coefficient (Wildman–Crippen LogP) is 4.38. The number of benzene rings is 2. The Morgan fingerprint density at radius 2 is 1.95 bits per heavy atom. The summed E-state index contributed by atoms with van der Waals surface area (Å²) in [5.41, 5.74) is 3.93. The SMILES string of the molecule is COC(=O)/C=C(\C)c1ccc(F)c(-c2cccc(C)c2)c1. The standard InChI is InChI=1S/C18H17FO2/c1-12-5-4-6-15(9-12)16-11-14(7-8-17(16)19)13(2)10-18(20)21-3/h4-11H,1-3H3/b13-10+. The molecular formula is C18H17FO2. The lowest BCUT2D eigenvalue weighted by atomic mass is 9.98. The molecule has 0 aromatic heterocycles. The molecule has 0 aliphatic heterocycles. The van der Waals surface area contributed by atoms with Crippen LogP contribution in [-0.2, 0) is 9.53 Å². The second-order valence-electron chi connectivity index (χ2n) is 4.91. The number of aryl methyl sites for hydroxylation is 1. The van der Waals surface area contributed by atoms with Gasteiger partial charge in [0.05, 0.1) is 7.11 Å². The summed E-state index contributed by atoms with van der Waals surface area (Å²) in [7, 11) is 1.33. The molecule has 0 atom stereocenters. The van der Waals surface area contributed by atoms with Gasteiger partial charge in [0, 0.05) is 11.6 Å². The van der Waals surface area contributed by atoms with Crippen molar-refractivity contribution in [3.63, 3.8) is 0 Å². The maximum atomic E-state index is 14.1. The van der Waals surface area contributed by atoms with Crippen LogP contribution in [0.4, 0.5) is 4.39 Å². The van der Waals surface area contributed by atoms with Gasteiger partial charge in [0.2, 0.25) is 0 Å². The van der Waals surface area contributed by atoms with Crippen molar-refractivity contribution in [3.8, 4) is 11.1 Å². The van der Waals surface area contributed by atoms with Crippen molar-refractivity contribution in [1.82, 2.24) is 0 Å². The summed E-state index contributed by atoms with van der Waals surface area (Å²) in [6, 6.07) is 12.5. The number of carbonyl (C=O) groups is 1. The van der Waals surface area contributed by atoms with Gasteiger partial charge >= 0.3 is 5.97 Å². The number of rotatable bonds is 3. The normalized spacial score (nSPS) is 11.3. The summed E-state index contributed by atoms with van der Waals surface area (Å²) in [5, 5.41) is 0. The Bertz CT molecular complexity index is 702. The van der Waals surface area contributed by atoms with Crippen LogP contribution in [0.1, 0.15) is 18.1 Å². The molecule has 0 N–H and O–H groups in total. The third kappa shape index (κ3) is 3.57. The lowest BCUT2D eigenvalue weighted by molar-refractivity contribution is -0.134. The molecule has 21 heavy (non-hydrogen) atoms. The number of ether oxygens (including phenoxy) is 1. The van der Waals surface area contributed by atoms with E-state index in [1.165, 1.54) is 19.3 Å². The molecule has 0 saturated carbocycles. The third-order valence-corrected chi connectivity index (χ3v) is 3.29. The van der Waals surface area contributed by atoms with Crippen LogP contribution in [0.25, 0.3) is 16.7 Å². The summed E-state index contributed by atoms with van der Waals surface area (Å²) < 4.78 is 18.7. The smallest absolute Gasteiger partial charge is 0.330 e. The van der Waals surface area contributed by atoms with E-state index in [2.05, 4.69) is 4.74 Å². The summed E-state index contributed by atoms with van der Waals surface area (Å²) in [4.78, 5) is 11.3. The molecule has 0 fully saturated rings. The van der Waals surface area contributed by atoms with Crippen LogP contribution in [0.2, 0.25) is 0 Å². The third-order valence-electron chi connectivity index (χ3n) is 3.29. The molecule has 0 unspecified atom stereocenters. The number of esters is 1. The second-order valence-corrected chi connectivity index (χ2v) is 4.91. The molecule has 0 aliphatic carbocycles. The van der Waals surface area contributed by atoms with Gasteiger partial charge in [-0.15, -0.1) is 0 Å². The lowest BCUT2D eigenvalue weighted by Crippen LogP contribution is -1.96. The summed E-state index contributed by atoms with van der Waals surface area (Å²) in [6.07, 6.45) is 1.40. The Labute approximate surface area is 123 Å². The molecule has 0 heterocycles. The summed E-state index contributed by atoms with van der Waals surface area (Å²) in [6.45, 7) is 3.76. The highest BCUT2D eigenvalue weighted by atomic mass is 19.1. The molecule has 3 heteroatoms. The van der Waals surface area contributed by atoms with Crippen molar-refractivity contribution in [3.05, 3.63) is 65.5 Å². The van der Waals surface area contributed by atoms with E-state index in [0.717, 1.165) is 22.3 Å². The molecule has 0 saturated heterocycles. The van der Waals surface area contributed by atoms with Gasteiger partial charge in [-0.3, -0.25) is 0 Å².